The van der Waals surface area contributed by atoms with Crippen molar-refractivity contribution in [3.63, 3.8) is 0 Å². The zero-order valence-corrected chi connectivity index (χ0v) is 11.7. The van der Waals surface area contributed by atoms with E-state index in [0.717, 1.165) is 11.1 Å². The molecule has 1 aromatic rings. The van der Waals surface area contributed by atoms with E-state index in [1.807, 2.05) is 36.1 Å². The summed E-state index contributed by atoms with van der Waals surface area (Å²) in [5, 5.41) is 0. The van der Waals surface area contributed by atoms with Crippen LogP contribution >= 0.6 is 0 Å². The number of alkyl halides is 3. The largest absolute Gasteiger partial charge is 0.393 e. The van der Waals surface area contributed by atoms with Gasteiger partial charge in [-0.1, -0.05) is 24.3 Å². The average molecular weight is 286 g/mol. The molecule has 0 saturated carbocycles. The molecular formula is C15H21F3N2. The van der Waals surface area contributed by atoms with Crippen LogP contribution in [0.1, 0.15) is 30.0 Å². The van der Waals surface area contributed by atoms with E-state index in [-0.39, 0.29) is 19.0 Å². The van der Waals surface area contributed by atoms with Crippen molar-refractivity contribution in [1.29, 1.82) is 0 Å². The van der Waals surface area contributed by atoms with E-state index < -0.39 is 12.1 Å². The van der Waals surface area contributed by atoms with Gasteiger partial charge in [0.15, 0.2) is 0 Å². The maximum atomic E-state index is 12.9. The van der Waals surface area contributed by atoms with Crippen LogP contribution in [0.5, 0.6) is 0 Å². The van der Waals surface area contributed by atoms with E-state index in [9.17, 15) is 13.2 Å². The first-order chi connectivity index (χ1) is 9.43. The summed E-state index contributed by atoms with van der Waals surface area (Å²) in [7, 11) is 0. The topological polar surface area (TPSA) is 29.3 Å². The first kappa shape index (κ1) is 15.3. The standard InChI is InChI=1S/C15H21F3N2/c1-11-5-2-3-7-13(11)14(9-19)20-8-4-6-12(10-20)15(16,17)18/h2-3,5,7,12,14H,4,6,8-10,19H2,1H3. The highest BCUT2D eigenvalue weighted by Gasteiger charge is 2.42. The van der Waals surface area contributed by atoms with Crippen molar-refractivity contribution in [1.82, 2.24) is 4.90 Å². The van der Waals surface area contributed by atoms with Gasteiger partial charge in [-0.05, 0) is 37.4 Å². The number of piperidine rings is 1. The summed E-state index contributed by atoms with van der Waals surface area (Å²) >= 11 is 0. The molecule has 2 N–H and O–H groups in total. The molecule has 1 heterocycles. The van der Waals surface area contributed by atoms with Gasteiger partial charge in [-0.25, -0.2) is 0 Å². The Labute approximate surface area is 117 Å². The number of benzene rings is 1. The molecule has 1 aromatic carbocycles. The van der Waals surface area contributed by atoms with E-state index in [4.69, 9.17) is 5.73 Å². The average Bonchev–Trinajstić information content (AvgIpc) is 2.41. The highest BCUT2D eigenvalue weighted by molar-refractivity contribution is 5.29. The number of hydrogen-bond acceptors (Lipinski definition) is 2. The number of nitrogens with two attached hydrogens (primary N) is 1. The second kappa shape index (κ2) is 6.14. The van der Waals surface area contributed by atoms with Crippen molar-refractivity contribution in [3.05, 3.63) is 35.4 Å². The summed E-state index contributed by atoms with van der Waals surface area (Å²) in [4.78, 5) is 1.89. The molecule has 20 heavy (non-hydrogen) atoms. The van der Waals surface area contributed by atoms with Crippen LogP contribution in [0.4, 0.5) is 13.2 Å². The number of hydrogen-bond donors (Lipinski definition) is 1. The lowest BCUT2D eigenvalue weighted by Crippen LogP contribution is -2.45. The summed E-state index contributed by atoms with van der Waals surface area (Å²) in [6.45, 7) is 3.06. The molecule has 1 fully saturated rings. The highest BCUT2D eigenvalue weighted by atomic mass is 19.4. The Morgan fingerprint density at radius 1 is 1.35 bits per heavy atom. The third-order valence-electron chi connectivity index (χ3n) is 4.13. The van der Waals surface area contributed by atoms with Gasteiger partial charge >= 0.3 is 6.18 Å². The minimum Gasteiger partial charge on any atom is -0.329 e. The lowest BCUT2D eigenvalue weighted by atomic mass is 9.93. The third kappa shape index (κ3) is 3.33. The highest BCUT2D eigenvalue weighted by Crippen LogP contribution is 2.36. The Bertz CT molecular complexity index is 445. The van der Waals surface area contributed by atoms with Crippen LogP contribution in [0.2, 0.25) is 0 Å². The van der Waals surface area contributed by atoms with E-state index in [2.05, 4.69) is 0 Å². The molecule has 2 nitrogen and oxygen atoms in total. The predicted molar refractivity (Wildman–Crippen MR) is 73.3 cm³/mol. The molecule has 5 heteroatoms. The van der Waals surface area contributed by atoms with Gasteiger partial charge in [-0.15, -0.1) is 0 Å². The smallest absolute Gasteiger partial charge is 0.329 e. The van der Waals surface area contributed by atoms with Crippen molar-refractivity contribution in [2.45, 2.75) is 32.0 Å². The van der Waals surface area contributed by atoms with Gasteiger partial charge in [0, 0.05) is 19.1 Å². The summed E-state index contributed by atoms with van der Waals surface area (Å²) < 4.78 is 38.7. The fourth-order valence-electron chi connectivity index (χ4n) is 2.99. The van der Waals surface area contributed by atoms with Crippen molar-refractivity contribution in [3.8, 4) is 0 Å². The fourth-order valence-corrected chi connectivity index (χ4v) is 2.99. The first-order valence-electron chi connectivity index (χ1n) is 7.00. The number of aryl methyl sites for hydroxylation is 1. The van der Waals surface area contributed by atoms with Gasteiger partial charge in [0.2, 0.25) is 0 Å². The van der Waals surface area contributed by atoms with Crippen molar-refractivity contribution in [2.75, 3.05) is 19.6 Å². The number of likely N-dealkylation sites (tertiary alicyclic amines) is 1. The normalized spacial score (nSPS) is 22.8. The second-order valence-corrected chi connectivity index (χ2v) is 5.48. The van der Waals surface area contributed by atoms with E-state index in [0.29, 0.717) is 19.5 Å². The lowest BCUT2D eigenvalue weighted by Gasteiger charge is -2.39. The molecule has 0 spiro atoms. The molecule has 112 valence electrons. The Kier molecular flexibility index (Phi) is 4.70. The van der Waals surface area contributed by atoms with Crippen molar-refractivity contribution >= 4 is 0 Å². The Morgan fingerprint density at radius 2 is 2.05 bits per heavy atom. The van der Waals surface area contributed by atoms with Gasteiger partial charge in [-0.2, -0.15) is 13.2 Å². The molecule has 1 saturated heterocycles. The van der Waals surface area contributed by atoms with Gasteiger partial charge in [0.25, 0.3) is 0 Å². The second-order valence-electron chi connectivity index (χ2n) is 5.48. The summed E-state index contributed by atoms with van der Waals surface area (Å²) in [6.07, 6.45) is -3.30. The molecular weight excluding hydrogens is 265 g/mol. The van der Waals surface area contributed by atoms with Gasteiger partial charge in [-0.3, -0.25) is 4.90 Å². The van der Waals surface area contributed by atoms with Crippen LogP contribution in [-0.2, 0) is 0 Å². The van der Waals surface area contributed by atoms with Crippen LogP contribution in [0.15, 0.2) is 24.3 Å². The molecule has 0 amide bonds. The maximum Gasteiger partial charge on any atom is 0.393 e. The molecule has 0 aromatic heterocycles. The van der Waals surface area contributed by atoms with Crippen LogP contribution in [0.25, 0.3) is 0 Å². The molecule has 2 unspecified atom stereocenters. The molecule has 0 radical (unpaired) electrons. The molecule has 0 aliphatic carbocycles. The Hall–Kier alpha value is -1.07. The van der Waals surface area contributed by atoms with Crippen molar-refractivity contribution < 1.29 is 13.2 Å². The Balaban J connectivity index is 2.18. The van der Waals surface area contributed by atoms with Gasteiger partial charge in [0.05, 0.1) is 5.92 Å². The number of halogens is 3. The minimum atomic E-state index is -4.11. The fraction of sp³-hybridized carbons (Fsp3) is 0.600. The minimum absolute atomic E-state index is 0.0553. The lowest BCUT2D eigenvalue weighted by molar-refractivity contribution is -0.188. The number of nitrogens with zero attached hydrogens (tertiary/aromatic N) is 1. The Morgan fingerprint density at radius 3 is 2.65 bits per heavy atom. The quantitative estimate of drug-likeness (QED) is 0.924. The molecule has 2 atom stereocenters. The van der Waals surface area contributed by atoms with Crippen LogP contribution in [0.3, 0.4) is 0 Å². The molecule has 1 aliphatic rings. The zero-order chi connectivity index (χ0) is 14.8. The SMILES string of the molecule is Cc1ccccc1C(CN)N1CCCC(C(F)(F)F)C1. The summed E-state index contributed by atoms with van der Waals surface area (Å²) in [5.41, 5.74) is 7.96. The van der Waals surface area contributed by atoms with E-state index >= 15 is 0 Å². The first-order valence-corrected chi connectivity index (χ1v) is 7.00. The molecule has 2 rings (SSSR count). The summed E-state index contributed by atoms with van der Waals surface area (Å²) in [5.74, 6) is -1.23. The zero-order valence-electron chi connectivity index (χ0n) is 11.7. The monoisotopic (exact) mass is 286 g/mol. The predicted octanol–water partition coefficient (Wildman–Crippen LogP) is 3.27. The number of rotatable bonds is 3. The van der Waals surface area contributed by atoms with Crippen LogP contribution in [0, 0.1) is 12.8 Å². The van der Waals surface area contributed by atoms with Crippen molar-refractivity contribution in [2.24, 2.45) is 11.7 Å². The van der Waals surface area contributed by atoms with Crippen LogP contribution < -0.4 is 5.73 Å². The van der Waals surface area contributed by atoms with Gasteiger partial charge < -0.3 is 5.73 Å². The van der Waals surface area contributed by atoms with E-state index in [1.54, 1.807) is 0 Å². The van der Waals surface area contributed by atoms with Gasteiger partial charge in [0.1, 0.15) is 0 Å². The van der Waals surface area contributed by atoms with E-state index in [1.165, 1.54) is 0 Å². The summed E-state index contributed by atoms with van der Waals surface area (Å²) in [6, 6.07) is 7.66. The molecule has 0 bridgehead atoms. The van der Waals surface area contributed by atoms with Crippen LogP contribution in [-0.4, -0.2) is 30.7 Å². The third-order valence-corrected chi connectivity index (χ3v) is 4.13. The molecule has 1 aliphatic heterocycles. The maximum absolute atomic E-state index is 12.9.